The summed E-state index contributed by atoms with van der Waals surface area (Å²) in [6.45, 7) is 0. The third-order valence-corrected chi connectivity index (χ3v) is 6.22. The fraction of sp³-hybridized carbons (Fsp3) is 0.0526. The number of nitrogens with one attached hydrogen (secondary N) is 1. The van der Waals surface area contributed by atoms with Gasteiger partial charge in [0, 0.05) is 22.8 Å². The van der Waals surface area contributed by atoms with Crippen LogP contribution in [0.5, 0.6) is 0 Å². The number of hydrogen-bond acceptors (Lipinski definition) is 5. The van der Waals surface area contributed by atoms with Crippen molar-refractivity contribution >= 4 is 44.8 Å². The fourth-order valence-electron chi connectivity index (χ4n) is 2.80. The first-order valence-corrected chi connectivity index (χ1v) is 9.58. The maximum absolute atomic E-state index is 12.0. The summed E-state index contributed by atoms with van der Waals surface area (Å²) in [6, 6.07) is 15.5. The Morgan fingerprint density at radius 1 is 1.18 bits per heavy atom. The van der Waals surface area contributed by atoms with Crippen LogP contribution in [0.3, 0.4) is 0 Å². The Balaban J connectivity index is 1.84. The van der Waals surface area contributed by atoms with Gasteiger partial charge in [0.25, 0.3) is 5.56 Å². The molecule has 4 aromatic rings. The number of para-hydroxylation sites is 1. The van der Waals surface area contributed by atoms with Gasteiger partial charge >= 0.3 is 5.69 Å². The minimum absolute atomic E-state index is 0.200. The number of benzene rings is 2. The molecule has 1 unspecified atom stereocenters. The molecule has 0 aliphatic heterocycles. The van der Waals surface area contributed by atoms with Gasteiger partial charge in [0.15, 0.2) is 0 Å². The van der Waals surface area contributed by atoms with Gasteiger partial charge in [-0.05, 0) is 24.3 Å². The maximum atomic E-state index is 12.0. The van der Waals surface area contributed by atoms with Crippen molar-refractivity contribution in [2.45, 2.75) is 4.87 Å². The predicted molar refractivity (Wildman–Crippen MR) is 110 cm³/mol. The summed E-state index contributed by atoms with van der Waals surface area (Å²) in [5, 5.41) is 10.4. The molecule has 1 atom stereocenters. The van der Waals surface area contributed by atoms with Gasteiger partial charge in [-0.25, -0.2) is 9.78 Å². The molecule has 6 nitrogen and oxygen atoms in total. The molecular weight excluding hydrogens is 419 g/mol. The SMILES string of the molecule is N#CC(Cl)(c1nc2ccccc2s1)c1ccc(-n2ccc(=O)[nH]c2=O)cc1Cl. The van der Waals surface area contributed by atoms with Gasteiger partial charge in [-0.1, -0.05) is 41.4 Å². The molecule has 0 bridgehead atoms. The van der Waals surface area contributed by atoms with Crippen LogP contribution in [0.1, 0.15) is 10.6 Å². The largest absolute Gasteiger partial charge is 0.332 e. The van der Waals surface area contributed by atoms with Gasteiger partial charge in [-0.2, -0.15) is 5.26 Å². The topological polar surface area (TPSA) is 91.5 Å². The Bertz CT molecular complexity index is 1340. The lowest BCUT2D eigenvalue weighted by atomic mass is 9.99. The van der Waals surface area contributed by atoms with Gasteiger partial charge in [0.05, 0.1) is 22.0 Å². The Hall–Kier alpha value is -2.92. The van der Waals surface area contributed by atoms with Crippen LogP contribution in [0.2, 0.25) is 5.02 Å². The molecule has 0 spiro atoms. The van der Waals surface area contributed by atoms with Gasteiger partial charge < -0.3 is 0 Å². The lowest BCUT2D eigenvalue weighted by Gasteiger charge is -2.19. The average Bonchev–Trinajstić information content (AvgIpc) is 3.12. The number of aromatic amines is 1. The molecule has 2 heterocycles. The molecule has 4 rings (SSSR count). The highest BCUT2D eigenvalue weighted by Crippen LogP contribution is 2.43. The Labute approximate surface area is 172 Å². The van der Waals surface area contributed by atoms with Gasteiger partial charge in [-0.3, -0.25) is 14.3 Å². The molecule has 1 N–H and O–H groups in total. The molecule has 138 valence electrons. The summed E-state index contributed by atoms with van der Waals surface area (Å²) in [7, 11) is 0. The molecule has 0 radical (unpaired) electrons. The quantitative estimate of drug-likeness (QED) is 0.502. The lowest BCUT2D eigenvalue weighted by molar-refractivity contribution is 0.887. The predicted octanol–water partition coefficient (Wildman–Crippen LogP) is 3.79. The lowest BCUT2D eigenvalue weighted by Crippen LogP contribution is -2.27. The summed E-state index contributed by atoms with van der Waals surface area (Å²) in [4.78, 5) is 28.3. The number of H-pyrrole nitrogens is 1. The summed E-state index contributed by atoms with van der Waals surface area (Å²) in [5.74, 6) is 0. The molecule has 0 fully saturated rings. The Morgan fingerprint density at radius 3 is 2.64 bits per heavy atom. The van der Waals surface area contributed by atoms with Crippen molar-refractivity contribution in [3.8, 4) is 11.8 Å². The number of nitrogens with zero attached hydrogens (tertiary/aromatic N) is 3. The second-order valence-electron chi connectivity index (χ2n) is 5.90. The van der Waals surface area contributed by atoms with Gasteiger partial charge in [0.1, 0.15) is 5.01 Å². The first-order chi connectivity index (χ1) is 13.4. The van der Waals surface area contributed by atoms with Crippen LogP contribution in [-0.4, -0.2) is 14.5 Å². The van der Waals surface area contributed by atoms with E-state index in [0.29, 0.717) is 16.3 Å². The Morgan fingerprint density at radius 2 is 1.96 bits per heavy atom. The molecular formula is C19H10Cl2N4O2S. The Kier molecular flexibility index (Phi) is 4.55. The number of halogens is 2. The fourth-order valence-corrected chi connectivity index (χ4v) is 4.50. The zero-order valence-electron chi connectivity index (χ0n) is 14.0. The molecule has 9 heteroatoms. The van der Waals surface area contributed by atoms with Crippen LogP contribution >= 0.6 is 34.5 Å². The average molecular weight is 429 g/mol. The van der Waals surface area contributed by atoms with E-state index in [1.165, 1.54) is 34.2 Å². The van der Waals surface area contributed by atoms with E-state index in [0.717, 1.165) is 10.2 Å². The summed E-state index contributed by atoms with van der Waals surface area (Å²) in [6.07, 6.45) is 1.35. The first-order valence-electron chi connectivity index (χ1n) is 8.01. The summed E-state index contributed by atoms with van der Waals surface area (Å²) >= 11 is 14.4. The standard InChI is InChI=1S/C19H10Cl2N4O2S/c20-13-9-11(25-8-7-16(26)24-18(25)27)5-6-12(13)19(21,10-22)17-23-14-3-1-2-4-15(14)28-17/h1-9H,(H,24,26,27). The number of aromatic nitrogens is 3. The van der Waals surface area contributed by atoms with Crippen molar-refractivity contribution in [3.05, 3.63) is 91.2 Å². The highest BCUT2D eigenvalue weighted by molar-refractivity contribution is 7.19. The van der Waals surface area contributed by atoms with E-state index < -0.39 is 16.1 Å². The van der Waals surface area contributed by atoms with Gasteiger partial charge in [0.2, 0.25) is 4.87 Å². The molecule has 0 aliphatic carbocycles. The minimum Gasteiger partial charge on any atom is -0.274 e. The van der Waals surface area contributed by atoms with Crippen LogP contribution in [-0.2, 0) is 4.87 Å². The zero-order valence-corrected chi connectivity index (χ0v) is 16.3. The third kappa shape index (κ3) is 3.02. The number of nitriles is 1. The van der Waals surface area contributed by atoms with Crippen LogP contribution in [0.25, 0.3) is 15.9 Å². The molecule has 2 aromatic carbocycles. The monoisotopic (exact) mass is 428 g/mol. The molecule has 0 amide bonds. The van der Waals surface area contributed by atoms with Crippen molar-refractivity contribution in [3.63, 3.8) is 0 Å². The number of fused-ring (bicyclic) bond motifs is 1. The molecule has 0 saturated heterocycles. The van der Waals surface area contributed by atoms with E-state index in [2.05, 4.69) is 16.0 Å². The van der Waals surface area contributed by atoms with E-state index in [4.69, 9.17) is 23.2 Å². The smallest absolute Gasteiger partial charge is 0.274 e. The third-order valence-electron chi connectivity index (χ3n) is 4.17. The van der Waals surface area contributed by atoms with E-state index >= 15 is 0 Å². The van der Waals surface area contributed by atoms with Crippen LogP contribution in [0.15, 0.2) is 64.3 Å². The van der Waals surface area contributed by atoms with E-state index in [-0.39, 0.29) is 5.02 Å². The second-order valence-corrected chi connectivity index (χ2v) is 7.91. The molecule has 2 aromatic heterocycles. The van der Waals surface area contributed by atoms with Crippen molar-refractivity contribution < 1.29 is 0 Å². The normalized spacial score (nSPS) is 13.2. The number of thiazole rings is 1. The number of hydrogen-bond donors (Lipinski definition) is 1. The van der Waals surface area contributed by atoms with Crippen LogP contribution in [0, 0.1) is 11.3 Å². The van der Waals surface area contributed by atoms with E-state index in [1.807, 2.05) is 24.3 Å². The first kappa shape index (κ1) is 18.4. The minimum atomic E-state index is -1.57. The molecule has 0 aliphatic rings. The summed E-state index contributed by atoms with van der Waals surface area (Å²) < 4.78 is 2.14. The van der Waals surface area contributed by atoms with Crippen molar-refractivity contribution in [2.24, 2.45) is 0 Å². The van der Waals surface area contributed by atoms with Crippen molar-refractivity contribution in [1.82, 2.24) is 14.5 Å². The van der Waals surface area contributed by atoms with Crippen LogP contribution in [0.4, 0.5) is 0 Å². The van der Waals surface area contributed by atoms with E-state index in [1.54, 1.807) is 12.1 Å². The van der Waals surface area contributed by atoms with Crippen LogP contribution < -0.4 is 11.2 Å². The molecule has 0 saturated carbocycles. The van der Waals surface area contributed by atoms with Crippen molar-refractivity contribution in [2.75, 3.05) is 0 Å². The highest BCUT2D eigenvalue weighted by Gasteiger charge is 2.37. The van der Waals surface area contributed by atoms with Gasteiger partial charge in [-0.15, -0.1) is 11.3 Å². The molecule has 28 heavy (non-hydrogen) atoms. The highest BCUT2D eigenvalue weighted by atomic mass is 35.5. The van der Waals surface area contributed by atoms with E-state index in [9.17, 15) is 14.9 Å². The van der Waals surface area contributed by atoms with Crippen molar-refractivity contribution in [1.29, 1.82) is 5.26 Å². The number of alkyl halides is 1. The second kappa shape index (κ2) is 6.91. The summed E-state index contributed by atoms with van der Waals surface area (Å²) in [5.41, 5.74) is 0.439. The maximum Gasteiger partial charge on any atom is 0.332 e. The number of rotatable bonds is 3. The zero-order chi connectivity index (χ0) is 19.9.